The molecule has 2 aromatic rings. The van der Waals surface area contributed by atoms with Crippen molar-refractivity contribution in [3.63, 3.8) is 0 Å². The molecule has 28 heavy (non-hydrogen) atoms. The molecule has 0 saturated carbocycles. The van der Waals surface area contributed by atoms with Crippen molar-refractivity contribution in [3.8, 4) is 0 Å². The van der Waals surface area contributed by atoms with E-state index in [1.165, 1.54) is 0 Å². The van der Waals surface area contributed by atoms with Gasteiger partial charge in [-0.1, -0.05) is 36.2 Å². The highest BCUT2D eigenvalue weighted by Gasteiger charge is 2.25. The molecule has 0 spiro atoms. The van der Waals surface area contributed by atoms with Gasteiger partial charge in [0.25, 0.3) is 0 Å². The number of aromatic nitrogens is 1. The number of hydrogen-bond donors (Lipinski definition) is 1. The van der Waals surface area contributed by atoms with Gasteiger partial charge in [0, 0.05) is 32.3 Å². The Balaban J connectivity index is 1.49. The molecule has 0 atom stereocenters. The molecule has 1 aliphatic heterocycles. The van der Waals surface area contributed by atoms with Crippen LogP contribution in [0.5, 0.6) is 0 Å². The minimum Gasteiger partial charge on any atom is -0.352 e. The lowest BCUT2D eigenvalue weighted by Gasteiger charge is -2.25. The largest absolute Gasteiger partial charge is 0.352 e. The first-order chi connectivity index (χ1) is 13.4. The summed E-state index contributed by atoms with van der Waals surface area (Å²) >= 11 is 5.74. The zero-order valence-electron chi connectivity index (χ0n) is 15.6. The second-order valence-corrected chi connectivity index (χ2v) is 9.20. The van der Waals surface area contributed by atoms with Crippen molar-refractivity contribution in [1.82, 2.24) is 14.6 Å². The van der Waals surface area contributed by atoms with E-state index in [1.807, 2.05) is 6.07 Å². The van der Waals surface area contributed by atoms with Gasteiger partial charge in [-0.2, -0.15) is 4.31 Å². The number of hydrogen-bond acceptors (Lipinski definition) is 4. The van der Waals surface area contributed by atoms with Gasteiger partial charge >= 0.3 is 0 Å². The van der Waals surface area contributed by atoms with E-state index in [-0.39, 0.29) is 5.91 Å². The van der Waals surface area contributed by atoms with Gasteiger partial charge in [-0.3, -0.25) is 4.79 Å². The molecule has 0 unspecified atom stereocenters. The smallest absolute Gasteiger partial charge is 0.243 e. The molecule has 0 radical (unpaired) electrons. The van der Waals surface area contributed by atoms with Crippen LogP contribution in [0.3, 0.4) is 0 Å². The van der Waals surface area contributed by atoms with E-state index < -0.39 is 10.0 Å². The Morgan fingerprint density at radius 1 is 1.04 bits per heavy atom. The topological polar surface area (TPSA) is 79.4 Å². The third-order valence-electron chi connectivity index (χ3n) is 4.80. The SMILES string of the molecule is O=C(CCc1ccc(S(=O)(=O)N2CCCCC2)cc1)NCc1ccc(Cl)nc1. The summed E-state index contributed by atoms with van der Waals surface area (Å²) in [5, 5.41) is 3.26. The second-order valence-electron chi connectivity index (χ2n) is 6.87. The minimum atomic E-state index is -3.41. The number of aryl methyl sites for hydroxylation is 1. The molecule has 1 fully saturated rings. The van der Waals surface area contributed by atoms with Gasteiger partial charge in [0.05, 0.1) is 4.90 Å². The molecule has 2 heterocycles. The standard InChI is InChI=1S/C20H24ClN3O3S/c21-19-10-6-17(14-22-19)15-23-20(25)11-7-16-4-8-18(9-5-16)28(26,27)24-12-2-1-3-13-24/h4-6,8-10,14H,1-3,7,11-13,15H2,(H,23,25). The highest BCUT2D eigenvalue weighted by molar-refractivity contribution is 7.89. The van der Waals surface area contributed by atoms with Crippen molar-refractivity contribution in [2.24, 2.45) is 0 Å². The molecule has 3 rings (SSSR count). The van der Waals surface area contributed by atoms with Crippen molar-refractivity contribution >= 4 is 27.5 Å². The van der Waals surface area contributed by atoms with Crippen LogP contribution in [-0.2, 0) is 27.8 Å². The van der Waals surface area contributed by atoms with Crippen LogP contribution in [0.25, 0.3) is 0 Å². The number of halogens is 1. The Morgan fingerprint density at radius 2 is 1.71 bits per heavy atom. The van der Waals surface area contributed by atoms with E-state index >= 15 is 0 Å². The van der Waals surface area contributed by atoms with Crippen LogP contribution >= 0.6 is 11.6 Å². The molecule has 0 bridgehead atoms. The molecule has 1 aromatic carbocycles. The maximum Gasteiger partial charge on any atom is 0.243 e. The number of sulfonamides is 1. The molecule has 1 N–H and O–H groups in total. The zero-order chi connectivity index (χ0) is 20.0. The summed E-state index contributed by atoms with van der Waals surface area (Å²) in [6, 6.07) is 10.3. The van der Waals surface area contributed by atoms with E-state index in [0.29, 0.717) is 42.5 Å². The molecule has 8 heteroatoms. The van der Waals surface area contributed by atoms with Crippen molar-refractivity contribution in [3.05, 3.63) is 58.9 Å². The number of carbonyl (C=O) groups excluding carboxylic acids is 1. The highest BCUT2D eigenvalue weighted by Crippen LogP contribution is 2.21. The van der Waals surface area contributed by atoms with Crippen LogP contribution in [0.2, 0.25) is 5.15 Å². The maximum absolute atomic E-state index is 12.7. The Kier molecular flexibility index (Phi) is 7.04. The number of nitrogens with zero attached hydrogens (tertiary/aromatic N) is 2. The number of pyridine rings is 1. The van der Waals surface area contributed by atoms with Crippen LogP contribution in [-0.4, -0.2) is 36.7 Å². The normalized spacial score (nSPS) is 15.3. The Hall–Kier alpha value is -1.96. The first kappa shape index (κ1) is 20.8. The first-order valence-corrected chi connectivity index (χ1v) is 11.2. The summed E-state index contributed by atoms with van der Waals surface area (Å²) in [4.78, 5) is 16.3. The van der Waals surface area contributed by atoms with Gasteiger partial charge < -0.3 is 5.32 Å². The van der Waals surface area contributed by atoms with Crippen molar-refractivity contribution in [2.75, 3.05) is 13.1 Å². The van der Waals surface area contributed by atoms with Crippen LogP contribution in [0.4, 0.5) is 0 Å². The highest BCUT2D eigenvalue weighted by atomic mass is 35.5. The predicted molar refractivity (Wildman–Crippen MR) is 108 cm³/mol. The van der Waals surface area contributed by atoms with Gasteiger partial charge in [-0.15, -0.1) is 0 Å². The minimum absolute atomic E-state index is 0.0695. The average molecular weight is 422 g/mol. The van der Waals surface area contributed by atoms with Crippen LogP contribution in [0.1, 0.15) is 36.8 Å². The van der Waals surface area contributed by atoms with E-state index in [9.17, 15) is 13.2 Å². The number of carbonyl (C=O) groups is 1. The lowest BCUT2D eigenvalue weighted by molar-refractivity contribution is -0.121. The monoisotopic (exact) mass is 421 g/mol. The van der Waals surface area contributed by atoms with Crippen molar-refractivity contribution in [1.29, 1.82) is 0 Å². The van der Waals surface area contributed by atoms with Gasteiger partial charge in [0.2, 0.25) is 15.9 Å². The second kappa shape index (κ2) is 9.49. The molecular formula is C20H24ClN3O3S. The molecule has 1 aromatic heterocycles. The molecule has 1 saturated heterocycles. The summed E-state index contributed by atoms with van der Waals surface area (Å²) in [6.45, 7) is 1.58. The first-order valence-electron chi connectivity index (χ1n) is 9.41. The van der Waals surface area contributed by atoms with Crippen LogP contribution < -0.4 is 5.32 Å². The average Bonchev–Trinajstić information content (AvgIpc) is 2.73. The van der Waals surface area contributed by atoms with Gasteiger partial charge in [0.15, 0.2) is 0 Å². The lowest BCUT2D eigenvalue weighted by atomic mass is 10.1. The van der Waals surface area contributed by atoms with Crippen LogP contribution in [0, 0.1) is 0 Å². The maximum atomic E-state index is 12.7. The fourth-order valence-electron chi connectivity index (χ4n) is 3.14. The molecule has 6 nitrogen and oxygen atoms in total. The van der Waals surface area contributed by atoms with E-state index in [2.05, 4.69) is 10.3 Å². The molecule has 150 valence electrons. The zero-order valence-corrected chi connectivity index (χ0v) is 17.2. The molecule has 0 aliphatic carbocycles. The number of benzene rings is 1. The summed E-state index contributed by atoms with van der Waals surface area (Å²) in [7, 11) is -3.41. The number of piperidine rings is 1. The summed E-state index contributed by atoms with van der Waals surface area (Å²) in [6.07, 6.45) is 5.43. The summed E-state index contributed by atoms with van der Waals surface area (Å²) in [5.74, 6) is -0.0695. The molecule has 1 amide bonds. The fourth-order valence-corrected chi connectivity index (χ4v) is 4.77. The third-order valence-corrected chi connectivity index (χ3v) is 6.93. The Morgan fingerprint density at radius 3 is 2.36 bits per heavy atom. The van der Waals surface area contributed by atoms with Gasteiger partial charge in [-0.05, 0) is 48.6 Å². The van der Waals surface area contributed by atoms with E-state index in [0.717, 1.165) is 30.4 Å². The molecule has 1 aliphatic rings. The quantitative estimate of drug-likeness (QED) is 0.696. The Bertz CT molecular complexity index is 893. The summed E-state index contributed by atoms with van der Waals surface area (Å²) in [5.41, 5.74) is 1.81. The number of amides is 1. The summed E-state index contributed by atoms with van der Waals surface area (Å²) < 4.78 is 26.9. The third kappa shape index (κ3) is 5.53. The van der Waals surface area contributed by atoms with Crippen molar-refractivity contribution < 1.29 is 13.2 Å². The van der Waals surface area contributed by atoms with Gasteiger partial charge in [0.1, 0.15) is 5.15 Å². The molecular weight excluding hydrogens is 398 g/mol. The van der Waals surface area contributed by atoms with Crippen molar-refractivity contribution in [2.45, 2.75) is 43.5 Å². The van der Waals surface area contributed by atoms with E-state index in [4.69, 9.17) is 11.6 Å². The number of rotatable bonds is 7. The number of nitrogens with one attached hydrogen (secondary N) is 1. The van der Waals surface area contributed by atoms with Gasteiger partial charge in [-0.25, -0.2) is 13.4 Å². The lowest BCUT2D eigenvalue weighted by Crippen LogP contribution is -2.35. The fraction of sp³-hybridized carbons (Fsp3) is 0.400. The van der Waals surface area contributed by atoms with E-state index in [1.54, 1.807) is 40.8 Å². The van der Waals surface area contributed by atoms with Crippen LogP contribution in [0.15, 0.2) is 47.5 Å². The predicted octanol–water partition coefficient (Wildman–Crippen LogP) is 3.16. The Labute approximate surface area is 171 Å².